The Morgan fingerprint density at radius 3 is 2.10 bits per heavy atom. The molecular weight excluding hydrogens is 390 g/mol. The molecule has 0 aliphatic carbocycles. The molecule has 3 aromatic rings. The van der Waals surface area contributed by atoms with Crippen LogP contribution in [0.15, 0.2) is 73.1 Å². The molecule has 1 aromatic heterocycles. The molecule has 0 unspecified atom stereocenters. The zero-order valence-electron chi connectivity index (χ0n) is 17.5. The van der Waals surface area contributed by atoms with Gasteiger partial charge in [0.05, 0.1) is 11.9 Å². The standard InChI is InChI=1S/C25H25N3O3/c1-19(29)31-24-10-6-21(7-11-24)25(30)17-20-4-8-22(9-5-20)27-13-15-28(16-14-27)23-3-2-12-26-18-23/h2-12,18H,13-17H2,1H3. The van der Waals surface area contributed by atoms with Crippen molar-refractivity contribution in [2.45, 2.75) is 13.3 Å². The summed E-state index contributed by atoms with van der Waals surface area (Å²) in [5.74, 6) is 0.0990. The van der Waals surface area contributed by atoms with Crippen molar-refractivity contribution in [1.29, 1.82) is 0 Å². The molecule has 0 bridgehead atoms. The van der Waals surface area contributed by atoms with Gasteiger partial charge in [-0.1, -0.05) is 12.1 Å². The third-order valence-corrected chi connectivity index (χ3v) is 5.39. The monoisotopic (exact) mass is 415 g/mol. The maximum absolute atomic E-state index is 12.6. The Morgan fingerprint density at radius 2 is 1.52 bits per heavy atom. The predicted molar refractivity (Wildman–Crippen MR) is 121 cm³/mol. The molecule has 0 atom stereocenters. The summed E-state index contributed by atoms with van der Waals surface area (Å²) in [6.45, 7) is 5.15. The minimum Gasteiger partial charge on any atom is -0.427 e. The number of nitrogens with zero attached hydrogens (tertiary/aromatic N) is 3. The highest BCUT2D eigenvalue weighted by Crippen LogP contribution is 2.21. The Balaban J connectivity index is 1.32. The van der Waals surface area contributed by atoms with E-state index < -0.39 is 0 Å². The summed E-state index contributed by atoms with van der Waals surface area (Å²) in [4.78, 5) is 32.5. The van der Waals surface area contributed by atoms with E-state index in [1.807, 2.05) is 24.4 Å². The first kappa shape index (κ1) is 20.6. The molecule has 31 heavy (non-hydrogen) atoms. The summed E-state index contributed by atoms with van der Waals surface area (Å²) in [6.07, 6.45) is 4.04. The minimum atomic E-state index is -0.377. The Bertz CT molecular complexity index is 1030. The van der Waals surface area contributed by atoms with E-state index in [2.05, 4.69) is 33.0 Å². The smallest absolute Gasteiger partial charge is 0.308 e. The zero-order chi connectivity index (χ0) is 21.6. The maximum Gasteiger partial charge on any atom is 0.308 e. The number of pyridine rings is 1. The van der Waals surface area contributed by atoms with Crippen molar-refractivity contribution in [3.8, 4) is 5.75 Å². The SMILES string of the molecule is CC(=O)Oc1ccc(C(=O)Cc2ccc(N3CCN(c4cccnc4)CC3)cc2)cc1. The van der Waals surface area contributed by atoms with Gasteiger partial charge in [0.25, 0.3) is 0 Å². The van der Waals surface area contributed by atoms with Gasteiger partial charge in [-0.3, -0.25) is 14.6 Å². The van der Waals surface area contributed by atoms with Crippen LogP contribution in [0.4, 0.5) is 11.4 Å². The van der Waals surface area contributed by atoms with E-state index in [9.17, 15) is 9.59 Å². The number of anilines is 2. The van der Waals surface area contributed by atoms with Crippen LogP contribution in [0.2, 0.25) is 0 Å². The van der Waals surface area contributed by atoms with Gasteiger partial charge >= 0.3 is 5.97 Å². The number of carbonyl (C=O) groups is 2. The predicted octanol–water partition coefficient (Wildman–Crippen LogP) is 3.76. The number of esters is 1. The number of piperazine rings is 1. The molecule has 0 N–H and O–H groups in total. The number of ketones is 1. The summed E-state index contributed by atoms with van der Waals surface area (Å²) in [5.41, 5.74) is 3.92. The fraction of sp³-hybridized carbons (Fsp3) is 0.240. The Hall–Kier alpha value is -3.67. The minimum absolute atomic E-state index is 0.0345. The highest BCUT2D eigenvalue weighted by atomic mass is 16.5. The largest absolute Gasteiger partial charge is 0.427 e. The lowest BCUT2D eigenvalue weighted by Crippen LogP contribution is -2.46. The van der Waals surface area contributed by atoms with Crippen LogP contribution in [0.1, 0.15) is 22.8 Å². The third kappa shape index (κ3) is 5.28. The van der Waals surface area contributed by atoms with Crippen LogP contribution in [-0.4, -0.2) is 42.9 Å². The summed E-state index contributed by atoms with van der Waals surface area (Å²) in [6, 6.07) is 19.0. The fourth-order valence-electron chi connectivity index (χ4n) is 3.75. The summed E-state index contributed by atoms with van der Waals surface area (Å²) in [7, 11) is 0. The molecule has 4 rings (SSSR count). The lowest BCUT2D eigenvalue weighted by Gasteiger charge is -2.37. The maximum atomic E-state index is 12.6. The highest BCUT2D eigenvalue weighted by molar-refractivity contribution is 5.97. The van der Waals surface area contributed by atoms with E-state index >= 15 is 0 Å². The molecule has 1 saturated heterocycles. The molecule has 1 aliphatic rings. The van der Waals surface area contributed by atoms with Crippen LogP contribution < -0.4 is 14.5 Å². The van der Waals surface area contributed by atoms with Crippen LogP contribution in [0, 0.1) is 0 Å². The van der Waals surface area contributed by atoms with Crippen LogP contribution in [0.25, 0.3) is 0 Å². The van der Waals surface area contributed by atoms with E-state index in [4.69, 9.17) is 4.74 Å². The average molecular weight is 415 g/mol. The van der Waals surface area contributed by atoms with Crippen LogP contribution >= 0.6 is 0 Å². The molecule has 6 heteroatoms. The first-order valence-electron chi connectivity index (χ1n) is 10.4. The third-order valence-electron chi connectivity index (χ3n) is 5.39. The number of aromatic nitrogens is 1. The quantitative estimate of drug-likeness (QED) is 0.347. The van der Waals surface area contributed by atoms with Gasteiger partial charge in [-0.2, -0.15) is 0 Å². The molecule has 0 saturated carbocycles. The van der Waals surface area contributed by atoms with Gasteiger partial charge in [-0.05, 0) is 54.1 Å². The van der Waals surface area contributed by atoms with E-state index in [-0.39, 0.29) is 11.8 Å². The number of rotatable bonds is 6. The molecule has 0 radical (unpaired) electrons. The zero-order valence-corrected chi connectivity index (χ0v) is 17.5. The number of hydrogen-bond acceptors (Lipinski definition) is 6. The van der Waals surface area contributed by atoms with Crippen molar-refractivity contribution in [1.82, 2.24) is 4.98 Å². The molecule has 1 fully saturated rings. The molecule has 2 heterocycles. The Kier molecular flexibility index (Phi) is 6.26. The van der Waals surface area contributed by atoms with Crippen molar-refractivity contribution < 1.29 is 14.3 Å². The number of Topliss-reactive ketones (excluding diaryl/α,β-unsaturated/α-hetero) is 1. The summed E-state index contributed by atoms with van der Waals surface area (Å²) in [5, 5.41) is 0. The topological polar surface area (TPSA) is 62.7 Å². The molecular formula is C25H25N3O3. The van der Waals surface area contributed by atoms with Gasteiger partial charge in [-0.25, -0.2) is 0 Å². The first-order chi connectivity index (χ1) is 15.1. The van der Waals surface area contributed by atoms with E-state index in [1.165, 1.54) is 12.6 Å². The van der Waals surface area contributed by atoms with Crippen molar-refractivity contribution >= 4 is 23.1 Å². The van der Waals surface area contributed by atoms with E-state index in [1.54, 1.807) is 30.5 Å². The van der Waals surface area contributed by atoms with E-state index in [0.717, 1.165) is 37.4 Å². The molecule has 0 amide bonds. The number of hydrogen-bond donors (Lipinski definition) is 0. The Morgan fingerprint density at radius 1 is 0.871 bits per heavy atom. The second-order valence-electron chi connectivity index (χ2n) is 7.57. The highest BCUT2D eigenvalue weighted by Gasteiger charge is 2.18. The van der Waals surface area contributed by atoms with Crippen molar-refractivity contribution in [3.05, 3.63) is 84.2 Å². The van der Waals surface area contributed by atoms with E-state index in [0.29, 0.717) is 17.7 Å². The normalized spacial score (nSPS) is 13.7. The second kappa shape index (κ2) is 9.43. The molecule has 0 spiro atoms. The fourth-order valence-corrected chi connectivity index (χ4v) is 3.75. The summed E-state index contributed by atoms with van der Waals surface area (Å²) >= 11 is 0. The van der Waals surface area contributed by atoms with Crippen LogP contribution in [-0.2, 0) is 11.2 Å². The second-order valence-corrected chi connectivity index (χ2v) is 7.57. The molecule has 1 aliphatic heterocycles. The van der Waals surface area contributed by atoms with Crippen molar-refractivity contribution in [3.63, 3.8) is 0 Å². The van der Waals surface area contributed by atoms with Crippen molar-refractivity contribution in [2.24, 2.45) is 0 Å². The van der Waals surface area contributed by atoms with Gasteiger partial charge in [0, 0.05) is 57.0 Å². The van der Waals surface area contributed by atoms with Gasteiger partial charge in [0.1, 0.15) is 5.75 Å². The molecule has 158 valence electrons. The first-order valence-corrected chi connectivity index (χ1v) is 10.4. The number of ether oxygens (including phenoxy) is 1. The van der Waals surface area contributed by atoms with Crippen molar-refractivity contribution in [2.75, 3.05) is 36.0 Å². The lowest BCUT2D eigenvalue weighted by atomic mass is 10.0. The average Bonchev–Trinajstić information content (AvgIpc) is 2.80. The number of carbonyl (C=O) groups excluding carboxylic acids is 2. The molecule has 2 aromatic carbocycles. The van der Waals surface area contributed by atoms with Gasteiger partial charge in [-0.15, -0.1) is 0 Å². The van der Waals surface area contributed by atoms with Gasteiger partial charge in [0.15, 0.2) is 5.78 Å². The summed E-state index contributed by atoms with van der Waals surface area (Å²) < 4.78 is 5.01. The number of benzene rings is 2. The lowest BCUT2D eigenvalue weighted by molar-refractivity contribution is -0.131. The molecule has 6 nitrogen and oxygen atoms in total. The van der Waals surface area contributed by atoms with Gasteiger partial charge in [0.2, 0.25) is 0 Å². The van der Waals surface area contributed by atoms with Crippen LogP contribution in [0.3, 0.4) is 0 Å². The Labute approximate surface area is 182 Å². The van der Waals surface area contributed by atoms with Gasteiger partial charge < -0.3 is 14.5 Å². The van der Waals surface area contributed by atoms with Crippen LogP contribution in [0.5, 0.6) is 5.75 Å².